The van der Waals surface area contributed by atoms with Gasteiger partial charge in [0.05, 0.1) is 23.0 Å². The summed E-state index contributed by atoms with van der Waals surface area (Å²) in [5, 5.41) is 6.17. The molecule has 1 spiro atoms. The number of anilines is 2. The highest BCUT2D eigenvalue weighted by molar-refractivity contribution is 6.20. The number of carbonyl (C=O) groups is 1. The number of benzene rings is 3. The standard InChI is InChI=1S/C30H29F3N4O/c1-20-8-11-25(12-9-20)37-28(38)29(21(2)34-37)17-23-16-24(30(31,32)33)10-13-26(23)36-15-14-35(19-27(29)36)18-22-6-4-3-5-7-22/h3-13,16,27H,14-15,17-19H2,1-2H3/t27-,29-/m1/s1. The molecule has 3 aliphatic heterocycles. The van der Waals surface area contributed by atoms with Gasteiger partial charge < -0.3 is 4.90 Å². The highest BCUT2D eigenvalue weighted by atomic mass is 19.4. The van der Waals surface area contributed by atoms with Crippen molar-refractivity contribution in [2.24, 2.45) is 10.5 Å². The van der Waals surface area contributed by atoms with E-state index in [9.17, 15) is 18.0 Å². The van der Waals surface area contributed by atoms with Gasteiger partial charge in [0.2, 0.25) is 0 Å². The molecule has 0 unspecified atom stereocenters. The molecule has 0 bridgehead atoms. The van der Waals surface area contributed by atoms with Crippen LogP contribution in [0.25, 0.3) is 0 Å². The van der Waals surface area contributed by atoms with Gasteiger partial charge in [0.1, 0.15) is 5.41 Å². The maximum atomic E-state index is 14.3. The molecule has 3 aliphatic rings. The summed E-state index contributed by atoms with van der Waals surface area (Å²) in [6.07, 6.45) is -4.27. The number of hydrogen-bond acceptors (Lipinski definition) is 4. The number of hydrazone groups is 1. The summed E-state index contributed by atoms with van der Waals surface area (Å²) < 4.78 is 41.0. The van der Waals surface area contributed by atoms with E-state index in [4.69, 9.17) is 5.10 Å². The van der Waals surface area contributed by atoms with Crippen LogP contribution in [0.3, 0.4) is 0 Å². The van der Waals surface area contributed by atoms with Gasteiger partial charge in [0, 0.05) is 31.9 Å². The second-order valence-corrected chi connectivity index (χ2v) is 10.6. The van der Waals surface area contributed by atoms with Crippen LogP contribution >= 0.6 is 0 Å². The molecule has 1 fully saturated rings. The zero-order valence-corrected chi connectivity index (χ0v) is 21.4. The topological polar surface area (TPSA) is 39.2 Å². The number of carbonyl (C=O) groups excluding carboxylic acids is 1. The van der Waals surface area contributed by atoms with Gasteiger partial charge in [0.25, 0.3) is 5.91 Å². The van der Waals surface area contributed by atoms with E-state index < -0.39 is 17.2 Å². The SMILES string of the molecule is CC1=NN(c2ccc(C)cc2)C(=O)[C@]12Cc1cc(C(F)(F)F)ccc1N1CCN(Cc3ccccc3)C[C@@H]12. The number of nitrogens with zero attached hydrogens (tertiary/aromatic N) is 4. The van der Waals surface area contributed by atoms with Crippen LogP contribution in [-0.4, -0.2) is 42.2 Å². The van der Waals surface area contributed by atoms with Crippen molar-refractivity contribution in [1.82, 2.24) is 4.90 Å². The first-order valence-electron chi connectivity index (χ1n) is 12.9. The Morgan fingerprint density at radius 3 is 2.42 bits per heavy atom. The van der Waals surface area contributed by atoms with Crippen molar-refractivity contribution in [3.05, 3.63) is 95.1 Å². The predicted molar refractivity (Wildman–Crippen MR) is 142 cm³/mol. The molecule has 196 valence electrons. The van der Waals surface area contributed by atoms with Crippen molar-refractivity contribution >= 4 is 23.0 Å². The fraction of sp³-hybridized carbons (Fsp3) is 0.333. The van der Waals surface area contributed by atoms with E-state index in [1.165, 1.54) is 16.6 Å². The molecule has 38 heavy (non-hydrogen) atoms. The van der Waals surface area contributed by atoms with Gasteiger partial charge in [0.15, 0.2) is 0 Å². The zero-order chi connectivity index (χ0) is 26.7. The maximum absolute atomic E-state index is 14.3. The van der Waals surface area contributed by atoms with Gasteiger partial charge in [-0.25, -0.2) is 0 Å². The third-order valence-corrected chi connectivity index (χ3v) is 8.22. The molecular formula is C30H29F3N4O. The Kier molecular flexibility index (Phi) is 5.83. The van der Waals surface area contributed by atoms with E-state index >= 15 is 0 Å². The Labute approximate surface area is 220 Å². The Morgan fingerprint density at radius 2 is 1.71 bits per heavy atom. The molecule has 3 heterocycles. The third kappa shape index (κ3) is 3.98. The number of alkyl halides is 3. The van der Waals surface area contributed by atoms with Crippen LogP contribution in [0.4, 0.5) is 24.5 Å². The van der Waals surface area contributed by atoms with Crippen molar-refractivity contribution < 1.29 is 18.0 Å². The fourth-order valence-electron chi connectivity index (χ4n) is 6.21. The Bertz CT molecular complexity index is 1400. The minimum Gasteiger partial charge on any atom is -0.364 e. The molecule has 0 saturated carbocycles. The first-order valence-corrected chi connectivity index (χ1v) is 12.9. The number of rotatable bonds is 3. The lowest BCUT2D eigenvalue weighted by atomic mass is 9.67. The van der Waals surface area contributed by atoms with E-state index in [0.717, 1.165) is 30.4 Å². The molecule has 3 aromatic rings. The molecule has 1 saturated heterocycles. The van der Waals surface area contributed by atoms with E-state index in [1.54, 1.807) is 6.07 Å². The second kappa shape index (κ2) is 8.98. The molecule has 0 aliphatic carbocycles. The molecule has 0 aromatic heterocycles. The molecule has 0 N–H and O–H groups in total. The average Bonchev–Trinajstić information content (AvgIpc) is 3.14. The number of fused-ring (bicyclic) bond motifs is 4. The van der Waals surface area contributed by atoms with Crippen LogP contribution in [0.5, 0.6) is 0 Å². The van der Waals surface area contributed by atoms with Crippen molar-refractivity contribution in [1.29, 1.82) is 0 Å². The molecular weight excluding hydrogens is 489 g/mol. The molecule has 6 rings (SSSR count). The lowest BCUT2D eigenvalue weighted by Gasteiger charge is -2.53. The van der Waals surface area contributed by atoms with Crippen molar-refractivity contribution in [3.63, 3.8) is 0 Å². The van der Waals surface area contributed by atoms with Crippen molar-refractivity contribution in [3.8, 4) is 0 Å². The summed E-state index contributed by atoms with van der Waals surface area (Å²) in [6.45, 7) is 6.53. The quantitative estimate of drug-likeness (QED) is 0.449. The number of aryl methyl sites for hydroxylation is 1. The van der Waals surface area contributed by atoms with E-state index in [2.05, 4.69) is 21.9 Å². The van der Waals surface area contributed by atoms with Crippen LogP contribution in [0.2, 0.25) is 0 Å². The summed E-state index contributed by atoms with van der Waals surface area (Å²) in [5.74, 6) is -0.182. The van der Waals surface area contributed by atoms with Gasteiger partial charge in [-0.1, -0.05) is 48.0 Å². The van der Waals surface area contributed by atoms with Crippen LogP contribution in [0, 0.1) is 12.3 Å². The monoisotopic (exact) mass is 518 g/mol. The van der Waals surface area contributed by atoms with Crippen LogP contribution in [0.1, 0.15) is 29.2 Å². The molecule has 2 atom stereocenters. The Balaban J connectivity index is 1.43. The lowest BCUT2D eigenvalue weighted by Crippen LogP contribution is -2.66. The first-order chi connectivity index (χ1) is 18.2. The second-order valence-electron chi connectivity index (χ2n) is 10.6. The third-order valence-electron chi connectivity index (χ3n) is 8.22. The highest BCUT2D eigenvalue weighted by Gasteiger charge is 2.60. The summed E-state index contributed by atoms with van der Waals surface area (Å²) in [7, 11) is 0. The lowest BCUT2D eigenvalue weighted by molar-refractivity contribution is -0.137. The van der Waals surface area contributed by atoms with Gasteiger partial charge in [-0.2, -0.15) is 23.3 Å². The molecule has 1 amide bonds. The van der Waals surface area contributed by atoms with Gasteiger partial charge in [-0.15, -0.1) is 0 Å². The summed E-state index contributed by atoms with van der Waals surface area (Å²) in [5.41, 5.74) is 3.13. The minimum absolute atomic E-state index is 0.182. The normalized spacial score (nSPS) is 23.4. The van der Waals surface area contributed by atoms with E-state index in [-0.39, 0.29) is 18.4 Å². The zero-order valence-electron chi connectivity index (χ0n) is 21.4. The minimum atomic E-state index is -4.45. The largest absolute Gasteiger partial charge is 0.416 e. The fourth-order valence-corrected chi connectivity index (χ4v) is 6.21. The molecule has 5 nitrogen and oxygen atoms in total. The number of halogens is 3. The highest BCUT2D eigenvalue weighted by Crippen LogP contribution is 2.49. The van der Waals surface area contributed by atoms with Gasteiger partial charge >= 0.3 is 6.18 Å². The molecule has 8 heteroatoms. The van der Waals surface area contributed by atoms with Crippen molar-refractivity contribution in [2.45, 2.75) is 39.0 Å². The van der Waals surface area contributed by atoms with Crippen LogP contribution in [-0.2, 0) is 23.9 Å². The van der Waals surface area contributed by atoms with Crippen LogP contribution < -0.4 is 9.91 Å². The summed E-state index contributed by atoms with van der Waals surface area (Å²) in [4.78, 5) is 18.8. The van der Waals surface area contributed by atoms with E-state index in [0.29, 0.717) is 30.1 Å². The molecule has 3 aromatic carbocycles. The van der Waals surface area contributed by atoms with E-state index in [1.807, 2.05) is 56.3 Å². The maximum Gasteiger partial charge on any atom is 0.416 e. The average molecular weight is 519 g/mol. The predicted octanol–water partition coefficient (Wildman–Crippen LogP) is 5.67. The first kappa shape index (κ1) is 24.7. The number of piperazine rings is 1. The number of hydrogen-bond donors (Lipinski definition) is 0. The summed E-state index contributed by atoms with van der Waals surface area (Å²) in [6, 6.07) is 21.5. The van der Waals surface area contributed by atoms with Gasteiger partial charge in [-0.05, 0) is 61.7 Å². The van der Waals surface area contributed by atoms with Crippen molar-refractivity contribution in [2.75, 3.05) is 29.5 Å². The Hall–Kier alpha value is -3.65. The van der Waals surface area contributed by atoms with Gasteiger partial charge in [-0.3, -0.25) is 9.69 Å². The molecule has 0 radical (unpaired) electrons. The summed E-state index contributed by atoms with van der Waals surface area (Å²) >= 11 is 0. The number of amides is 1. The van der Waals surface area contributed by atoms with Crippen LogP contribution in [0.15, 0.2) is 77.9 Å². The smallest absolute Gasteiger partial charge is 0.364 e. The Morgan fingerprint density at radius 1 is 0.974 bits per heavy atom.